The molecule has 0 aliphatic heterocycles. The maximum absolute atomic E-state index is 3.02. The standard InChI is InChI=1S/2C12H17.2CH3.2ClH.GeH2.Zr/c2*1-9(2)12-7-10-5-3-4-6-11(10)8-12;;;;;;/h2*3-5,7,9,11-12H,6,8H2,1-2H3;2*1H3;2*1H;1H2;. The van der Waals surface area contributed by atoms with E-state index in [0.717, 1.165) is 42.8 Å². The third-order valence-corrected chi connectivity index (χ3v) is 33.8. The van der Waals surface area contributed by atoms with E-state index in [4.69, 9.17) is 0 Å². The van der Waals surface area contributed by atoms with Crippen LogP contribution in [0.5, 0.6) is 0 Å². The second-order valence-corrected chi connectivity index (χ2v) is 57.4. The van der Waals surface area contributed by atoms with Gasteiger partial charge in [0.1, 0.15) is 0 Å². The third-order valence-electron chi connectivity index (χ3n) is 9.08. The van der Waals surface area contributed by atoms with Gasteiger partial charge in [0.25, 0.3) is 0 Å². The first-order valence-corrected chi connectivity index (χ1v) is 30.2. The van der Waals surface area contributed by atoms with Crippen LogP contribution in [0.15, 0.2) is 47.6 Å². The van der Waals surface area contributed by atoms with Crippen LogP contribution in [-0.2, 0) is 15.7 Å². The van der Waals surface area contributed by atoms with Crippen LogP contribution in [0.25, 0.3) is 0 Å². The fraction of sp³-hybridized carbons (Fsp3) is 0.692. The zero-order valence-corrected chi connectivity index (χ0v) is 27.0. The molecule has 0 saturated heterocycles. The van der Waals surface area contributed by atoms with E-state index >= 15 is 0 Å². The maximum Gasteiger partial charge on any atom is -0.147 e. The van der Waals surface area contributed by atoms with Gasteiger partial charge in [-0.3, -0.25) is 0 Å². The van der Waals surface area contributed by atoms with E-state index in [9.17, 15) is 0 Å². The summed E-state index contributed by atoms with van der Waals surface area (Å²) in [7, 11) is 0. The molecule has 2 fully saturated rings. The Labute approximate surface area is 204 Å². The van der Waals surface area contributed by atoms with Crippen molar-refractivity contribution >= 4 is 37.0 Å². The third kappa shape index (κ3) is 4.50. The van der Waals surface area contributed by atoms with Gasteiger partial charge >= 0.3 is 181 Å². The van der Waals surface area contributed by atoms with Crippen molar-refractivity contribution in [3.63, 3.8) is 0 Å². The van der Waals surface area contributed by atoms with E-state index in [1.54, 1.807) is 12.1 Å². The number of rotatable bonds is 4. The minimum absolute atomic E-state index is 0. The number of halogens is 2. The fourth-order valence-electron chi connectivity index (χ4n) is 8.00. The topological polar surface area (TPSA) is 0 Å². The molecule has 6 atom stereocenters. The summed E-state index contributed by atoms with van der Waals surface area (Å²) in [6.07, 6.45) is 20.4. The monoisotopic (exact) mass is 590 g/mol. The Morgan fingerprint density at radius 2 is 1.13 bits per heavy atom. The fourth-order valence-corrected chi connectivity index (χ4v) is 38.8. The molecule has 2 saturated carbocycles. The summed E-state index contributed by atoms with van der Waals surface area (Å²) in [5.74, 6) is 5.22. The van der Waals surface area contributed by atoms with Gasteiger partial charge in [0.2, 0.25) is 0 Å². The predicted octanol–water partition coefficient (Wildman–Crippen LogP) is 8.10. The summed E-state index contributed by atoms with van der Waals surface area (Å²) in [6.45, 7) is 10.1. The molecule has 0 aromatic carbocycles. The SMILES string of the molecule is CC(C)C1CC2CC=CC=C2[CH]1[Zr]([CH3])([CH3])(=[GeH2])[CH]1C2=CC=CCC2CC1C(C)C.Cl.Cl. The molecule has 0 bridgehead atoms. The minimum Gasteiger partial charge on any atom is -0.147 e. The molecule has 30 heavy (non-hydrogen) atoms. The molecule has 4 aliphatic rings. The van der Waals surface area contributed by atoms with E-state index in [0.29, 0.717) is 0 Å². The van der Waals surface area contributed by atoms with Crippen LogP contribution in [-0.4, -0.2) is 12.1 Å². The normalized spacial score (nSPS) is 35.4. The van der Waals surface area contributed by atoms with Gasteiger partial charge in [-0.25, -0.2) is 0 Å². The Hall–Kier alpha value is 0.966. The molecule has 6 unspecified atom stereocenters. The Bertz CT molecular complexity index is 764. The van der Waals surface area contributed by atoms with Crippen molar-refractivity contribution in [2.75, 3.05) is 0 Å². The van der Waals surface area contributed by atoms with E-state index in [1.165, 1.54) is 25.7 Å². The summed E-state index contributed by atoms with van der Waals surface area (Å²) in [4.78, 5) is 0. The number of hydrogen-bond donors (Lipinski definition) is 0. The van der Waals surface area contributed by atoms with Gasteiger partial charge in [0.05, 0.1) is 0 Å². The van der Waals surface area contributed by atoms with Crippen LogP contribution < -0.4 is 0 Å². The van der Waals surface area contributed by atoms with Gasteiger partial charge in [0, 0.05) is 0 Å². The minimum atomic E-state index is -3.02. The zero-order chi connectivity index (χ0) is 20.3. The average molecular weight is 591 g/mol. The molecular weight excluding hydrogens is 547 g/mol. The van der Waals surface area contributed by atoms with E-state index in [1.807, 2.05) is 11.1 Å². The van der Waals surface area contributed by atoms with Gasteiger partial charge in [-0.05, 0) is 0 Å². The zero-order valence-electron chi connectivity index (χ0n) is 19.9. The molecule has 0 heterocycles. The van der Waals surface area contributed by atoms with Crippen LogP contribution >= 0.6 is 24.8 Å². The van der Waals surface area contributed by atoms with E-state index < -0.39 is 15.7 Å². The van der Waals surface area contributed by atoms with Crippen molar-refractivity contribution in [2.45, 2.75) is 69.9 Å². The van der Waals surface area contributed by atoms with Gasteiger partial charge in [-0.1, -0.05) is 0 Å². The smallest absolute Gasteiger partial charge is 0.147 e. The first-order chi connectivity index (χ1) is 13.1. The van der Waals surface area contributed by atoms with Crippen LogP contribution in [0.2, 0.25) is 16.5 Å². The van der Waals surface area contributed by atoms with Gasteiger partial charge in [-0.2, -0.15) is 0 Å². The van der Waals surface area contributed by atoms with E-state index in [-0.39, 0.29) is 24.8 Å². The molecule has 170 valence electrons. The summed E-state index contributed by atoms with van der Waals surface area (Å²) >= 11 is -1.42. The molecule has 4 rings (SSSR count). The second-order valence-electron chi connectivity index (χ2n) is 12.2. The summed E-state index contributed by atoms with van der Waals surface area (Å²) in [5, 5.41) is 0. The van der Waals surface area contributed by atoms with Gasteiger partial charge < -0.3 is 0 Å². The molecule has 0 amide bonds. The molecular formula is C26H44Cl2GeZr. The summed E-state index contributed by atoms with van der Waals surface area (Å²) in [6, 6.07) is 0. The van der Waals surface area contributed by atoms with Crippen molar-refractivity contribution in [1.82, 2.24) is 0 Å². The first-order valence-electron chi connectivity index (χ1n) is 11.9. The number of fused-ring (bicyclic) bond motifs is 2. The molecule has 0 nitrogen and oxygen atoms in total. The summed E-state index contributed by atoms with van der Waals surface area (Å²) < 4.78 is 7.75. The van der Waals surface area contributed by atoms with Gasteiger partial charge in [-0.15, -0.1) is 24.8 Å². The van der Waals surface area contributed by atoms with Crippen molar-refractivity contribution in [2.24, 2.45) is 35.5 Å². The Kier molecular flexibility index (Phi) is 8.78. The second kappa shape index (κ2) is 9.68. The first kappa shape index (κ1) is 27.2. The van der Waals surface area contributed by atoms with Crippen LogP contribution in [0.4, 0.5) is 0 Å². The van der Waals surface area contributed by atoms with Crippen molar-refractivity contribution in [3.05, 3.63) is 47.6 Å². The summed E-state index contributed by atoms with van der Waals surface area (Å²) in [5.41, 5.74) is 3.81. The quantitative estimate of drug-likeness (QED) is 0.290. The largest absolute Gasteiger partial charge is 0.147 e. The van der Waals surface area contributed by atoms with E-state index in [2.05, 4.69) is 73.4 Å². The number of allylic oxidation sites excluding steroid dienone is 8. The maximum atomic E-state index is 2.92. The van der Waals surface area contributed by atoms with Crippen LogP contribution in [0.1, 0.15) is 53.4 Å². The Morgan fingerprint density at radius 1 is 0.767 bits per heavy atom. The Balaban J connectivity index is 0.00000160. The molecule has 0 spiro atoms. The van der Waals surface area contributed by atoms with Crippen molar-refractivity contribution in [3.8, 4) is 0 Å². The van der Waals surface area contributed by atoms with Crippen molar-refractivity contribution < 1.29 is 15.7 Å². The molecule has 0 aromatic heterocycles. The molecule has 4 aliphatic carbocycles. The molecule has 4 heteroatoms. The van der Waals surface area contributed by atoms with Crippen LogP contribution in [0.3, 0.4) is 0 Å². The molecule has 0 N–H and O–H groups in total. The predicted molar refractivity (Wildman–Crippen MR) is 139 cm³/mol. The van der Waals surface area contributed by atoms with Gasteiger partial charge in [0.15, 0.2) is 0 Å². The average Bonchev–Trinajstić information content (AvgIpc) is 3.21. The molecule has 0 aromatic rings. The van der Waals surface area contributed by atoms with Crippen LogP contribution in [0, 0.1) is 35.5 Å². The Morgan fingerprint density at radius 3 is 1.47 bits per heavy atom. The number of hydrogen-bond acceptors (Lipinski definition) is 0. The molecule has 0 radical (unpaired) electrons. The van der Waals surface area contributed by atoms with Crippen molar-refractivity contribution in [1.29, 1.82) is 0 Å².